The molecule has 0 saturated carbocycles. The summed E-state index contributed by atoms with van der Waals surface area (Å²) in [6.07, 6.45) is 1.79. The molecule has 120 valence electrons. The zero-order valence-corrected chi connectivity index (χ0v) is 13.7. The van der Waals surface area contributed by atoms with Crippen LogP contribution in [0.25, 0.3) is 11.1 Å². The Morgan fingerprint density at radius 2 is 1.67 bits per heavy atom. The van der Waals surface area contributed by atoms with Crippen LogP contribution in [0.3, 0.4) is 0 Å². The predicted molar refractivity (Wildman–Crippen MR) is 97.4 cm³/mol. The van der Waals surface area contributed by atoms with Crippen LogP contribution in [-0.2, 0) is 13.0 Å². The maximum atomic E-state index is 10.8. The Balaban J connectivity index is 1.80. The van der Waals surface area contributed by atoms with Crippen molar-refractivity contribution in [2.24, 2.45) is 0 Å². The highest BCUT2D eigenvalue weighted by Gasteiger charge is 2.06. The van der Waals surface area contributed by atoms with Crippen LogP contribution in [0.1, 0.15) is 28.4 Å². The number of hydrogen-bond acceptors (Lipinski definition) is 2. The third-order valence-corrected chi connectivity index (χ3v) is 4.06. The van der Waals surface area contributed by atoms with Gasteiger partial charge in [0.1, 0.15) is 18.6 Å². The molecule has 0 aliphatic rings. The lowest BCUT2D eigenvalue weighted by molar-refractivity contribution is 0.112. The molecule has 0 unspecified atom stereocenters. The molecule has 0 bridgehead atoms. The molecular weight excluding hydrogens is 296 g/mol. The van der Waals surface area contributed by atoms with Crippen molar-refractivity contribution < 1.29 is 9.53 Å². The largest absolute Gasteiger partial charge is 0.489 e. The maximum absolute atomic E-state index is 10.8. The van der Waals surface area contributed by atoms with Gasteiger partial charge in [-0.15, -0.1) is 0 Å². The second kappa shape index (κ2) is 7.60. The molecule has 0 spiro atoms. The van der Waals surface area contributed by atoms with E-state index in [0.29, 0.717) is 12.2 Å². The van der Waals surface area contributed by atoms with Crippen molar-refractivity contribution in [2.75, 3.05) is 0 Å². The predicted octanol–water partition coefficient (Wildman–Crippen LogP) is 5.31. The van der Waals surface area contributed by atoms with E-state index in [9.17, 15) is 4.79 Å². The number of ether oxygens (including phenoxy) is 1. The Morgan fingerprint density at radius 3 is 2.33 bits per heavy atom. The van der Waals surface area contributed by atoms with Gasteiger partial charge < -0.3 is 4.74 Å². The summed E-state index contributed by atoms with van der Waals surface area (Å²) in [6, 6.07) is 24.0. The second-order valence-electron chi connectivity index (χ2n) is 5.69. The Labute approximate surface area is 142 Å². The van der Waals surface area contributed by atoms with Crippen LogP contribution in [0.2, 0.25) is 0 Å². The minimum Gasteiger partial charge on any atom is -0.489 e. The van der Waals surface area contributed by atoms with Crippen molar-refractivity contribution in [1.82, 2.24) is 0 Å². The molecule has 0 heterocycles. The van der Waals surface area contributed by atoms with Crippen molar-refractivity contribution >= 4 is 6.29 Å². The smallest absolute Gasteiger partial charge is 0.150 e. The maximum Gasteiger partial charge on any atom is 0.150 e. The molecule has 0 saturated heterocycles. The highest BCUT2D eigenvalue weighted by Crippen LogP contribution is 2.28. The number of hydrogen-bond donors (Lipinski definition) is 0. The van der Waals surface area contributed by atoms with E-state index in [4.69, 9.17) is 4.74 Å². The summed E-state index contributed by atoms with van der Waals surface area (Å²) in [4.78, 5) is 10.8. The molecule has 3 aromatic carbocycles. The highest BCUT2D eigenvalue weighted by molar-refractivity contribution is 5.77. The molecular formula is C22H20O2. The van der Waals surface area contributed by atoms with Gasteiger partial charge in [0.15, 0.2) is 0 Å². The van der Waals surface area contributed by atoms with Gasteiger partial charge >= 0.3 is 0 Å². The lowest BCUT2D eigenvalue weighted by Gasteiger charge is -2.12. The Morgan fingerprint density at radius 1 is 0.917 bits per heavy atom. The summed E-state index contributed by atoms with van der Waals surface area (Å²) in [5, 5.41) is 0. The van der Waals surface area contributed by atoms with Crippen molar-refractivity contribution in [3.8, 4) is 16.9 Å². The summed E-state index contributed by atoms with van der Waals surface area (Å²) in [7, 11) is 0. The summed E-state index contributed by atoms with van der Waals surface area (Å²) >= 11 is 0. The zero-order valence-electron chi connectivity index (χ0n) is 13.7. The fourth-order valence-electron chi connectivity index (χ4n) is 2.72. The standard InChI is InChI=1S/C22H20O2/c1-2-19-14-21(24-16-18-6-4-3-5-7-18)12-13-22(19)20-10-8-17(15-23)9-11-20/h3-15H,2,16H2,1H3. The monoisotopic (exact) mass is 316 g/mol. The van der Waals surface area contributed by atoms with Gasteiger partial charge in [0.2, 0.25) is 0 Å². The minimum atomic E-state index is 0.567. The molecule has 24 heavy (non-hydrogen) atoms. The molecule has 0 aliphatic carbocycles. The first kappa shape index (κ1) is 16.0. The topological polar surface area (TPSA) is 26.3 Å². The van der Waals surface area contributed by atoms with Gasteiger partial charge in [-0.25, -0.2) is 0 Å². The molecule has 3 aromatic rings. The van der Waals surface area contributed by atoms with Gasteiger partial charge in [0, 0.05) is 5.56 Å². The third kappa shape index (κ3) is 3.72. The van der Waals surface area contributed by atoms with Gasteiger partial charge in [-0.05, 0) is 40.8 Å². The van der Waals surface area contributed by atoms with Crippen LogP contribution in [0, 0.1) is 0 Å². The summed E-state index contributed by atoms with van der Waals surface area (Å²) < 4.78 is 5.92. The minimum absolute atomic E-state index is 0.567. The highest BCUT2D eigenvalue weighted by atomic mass is 16.5. The van der Waals surface area contributed by atoms with Crippen LogP contribution in [0.5, 0.6) is 5.75 Å². The number of carbonyl (C=O) groups is 1. The van der Waals surface area contributed by atoms with Gasteiger partial charge in [-0.3, -0.25) is 4.79 Å². The van der Waals surface area contributed by atoms with E-state index >= 15 is 0 Å². The van der Waals surface area contributed by atoms with Crippen molar-refractivity contribution in [3.05, 3.63) is 89.5 Å². The second-order valence-corrected chi connectivity index (χ2v) is 5.69. The summed E-state index contributed by atoms with van der Waals surface area (Å²) in [5.74, 6) is 0.879. The van der Waals surface area contributed by atoms with E-state index in [-0.39, 0.29) is 0 Å². The third-order valence-electron chi connectivity index (χ3n) is 4.06. The number of carbonyl (C=O) groups excluding carboxylic acids is 1. The SMILES string of the molecule is CCc1cc(OCc2ccccc2)ccc1-c1ccc(C=O)cc1. The number of aldehydes is 1. The first-order chi connectivity index (χ1) is 11.8. The fourth-order valence-corrected chi connectivity index (χ4v) is 2.72. The van der Waals surface area contributed by atoms with Gasteiger partial charge in [0.25, 0.3) is 0 Å². The van der Waals surface area contributed by atoms with Gasteiger partial charge in [-0.2, -0.15) is 0 Å². The lowest BCUT2D eigenvalue weighted by atomic mass is 9.97. The van der Waals surface area contributed by atoms with E-state index in [0.717, 1.165) is 29.6 Å². The van der Waals surface area contributed by atoms with E-state index < -0.39 is 0 Å². The van der Waals surface area contributed by atoms with Crippen LogP contribution in [-0.4, -0.2) is 6.29 Å². The molecule has 0 atom stereocenters. The fraction of sp³-hybridized carbons (Fsp3) is 0.136. The Bertz CT molecular complexity index is 805. The summed E-state index contributed by atoms with van der Waals surface area (Å²) in [5.41, 5.74) is 5.39. The molecule has 0 aliphatic heterocycles. The normalized spacial score (nSPS) is 10.4. The summed E-state index contributed by atoms with van der Waals surface area (Å²) in [6.45, 7) is 2.71. The molecule has 0 radical (unpaired) electrons. The quantitative estimate of drug-likeness (QED) is 0.576. The average Bonchev–Trinajstić information content (AvgIpc) is 2.67. The first-order valence-corrected chi connectivity index (χ1v) is 8.15. The van der Waals surface area contributed by atoms with Crippen LogP contribution in [0.4, 0.5) is 0 Å². The van der Waals surface area contributed by atoms with E-state index in [1.54, 1.807) is 0 Å². The molecule has 0 fully saturated rings. The van der Waals surface area contributed by atoms with Crippen molar-refractivity contribution in [1.29, 1.82) is 0 Å². The van der Waals surface area contributed by atoms with Crippen LogP contribution in [0.15, 0.2) is 72.8 Å². The number of aryl methyl sites for hydroxylation is 1. The van der Waals surface area contributed by atoms with Gasteiger partial charge in [0.05, 0.1) is 0 Å². The molecule has 3 rings (SSSR count). The van der Waals surface area contributed by atoms with E-state index in [1.165, 1.54) is 11.1 Å². The zero-order chi connectivity index (χ0) is 16.8. The van der Waals surface area contributed by atoms with E-state index in [2.05, 4.69) is 31.2 Å². The Kier molecular flexibility index (Phi) is 5.07. The molecule has 0 N–H and O–H groups in total. The lowest BCUT2D eigenvalue weighted by Crippen LogP contribution is -1.97. The molecule has 0 aromatic heterocycles. The van der Waals surface area contributed by atoms with Crippen molar-refractivity contribution in [2.45, 2.75) is 20.0 Å². The van der Waals surface area contributed by atoms with E-state index in [1.807, 2.05) is 48.5 Å². The van der Waals surface area contributed by atoms with Crippen molar-refractivity contribution in [3.63, 3.8) is 0 Å². The number of benzene rings is 3. The molecule has 2 heteroatoms. The van der Waals surface area contributed by atoms with Gasteiger partial charge in [-0.1, -0.05) is 67.6 Å². The molecule has 2 nitrogen and oxygen atoms in total. The molecule has 0 amide bonds. The number of rotatable bonds is 6. The van der Waals surface area contributed by atoms with Crippen LogP contribution < -0.4 is 4.74 Å². The van der Waals surface area contributed by atoms with Crippen LogP contribution >= 0.6 is 0 Å². The first-order valence-electron chi connectivity index (χ1n) is 8.15. The average molecular weight is 316 g/mol. The Hall–Kier alpha value is -2.87.